The minimum absolute atomic E-state index is 0.452. The predicted octanol–water partition coefficient (Wildman–Crippen LogP) is 15.6. The van der Waals surface area contributed by atoms with E-state index in [1.165, 1.54) is 120 Å². The Balaban J connectivity index is 1.45. The van der Waals surface area contributed by atoms with E-state index >= 15 is 0 Å². The molecule has 10 aromatic carbocycles. The first-order valence-corrected chi connectivity index (χ1v) is 21.2. The van der Waals surface area contributed by atoms with Crippen LogP contribution in [0.5, 0.6) is 0 Å². The van der Waals surface area contributed by atoms with E-state index in [0.29, 0.717) is 0 Å². The standard InChI is InChI=1S/C57H44/c1-3-5-19-35-33-47-41-25-9-7-21-37(41)39-23-11-13-29-45(39)51(47)53-54-52-46-30-14-12-24-40(46)38-22-8-10-26-42(38)48(52)34-36(20-6-4-2)56(54)57(55(35)53)49-31-17-15-27-43(49)44-28-16-18-32-50(44)57/h7-18,21-34H,3-6,19-20H2,1-2H3. The molecular formula is C57H44. The Hall–Kier alpha value is -6.24. The van der Waals surface area contributed by atoms with Crippen molar-refractivity contribution in [2.75, 3.05) is 0 Å². The van der Waals surface area contributed by atoms with Crippen LogP contribution in [-0.4, -0.2) is 0 Å². The molecule has 10 aromatic rings. The lowest BCUT2D eigenvalue weighted by atomic mass is 9.66. The van der Waals surface area contributed by atoms with Gasteiger partial charge in [-0.1, -0.05) is 184 Å². The average molecular weight is 729 g/mol. The second-order valence-corrected chi connectivity index (χ2v) is 16.6. The molecule has 0 unspecified atom stereocenters. The highest BCUT2D eigenvalue weighted by Crippen LogP contribution is 2.68. The molecule has 0 radical (unpaired) electrons. The zero-order chi connectivity index (χ0) is 37.8. The van der Waals surface area contributed by atoms with Gasteiger partial charge < -0.3 is 0 Å². The molecule has 0 N–H and O–H groups in total. The molecule has 57 heavy (non-hydrogen) atoms. The molecule has 0 saturated carbocycles. The minimum Gasteiger partial charge on any atom is -0.0654 e. The van der Waals surface area contributed by atoms with Crippen LogP contribution >= 0.6 is 0 Å². The number of unbranched alkanes of at least 4 members (excludes halogenated alkanes) is 2. The Morgan fingerprint density at radius 2 is 0.667 bits per heavy atom. The highest BCUT2D eigenvalue weighted by atomic mass is 14.6. The third-order valence-corrected chi connectivity index (χ3v) is 13.8. The van der Waals surface area contributed by atoms with Gasteiger partial charge >= 0.3 is 0 Å². The van der Waals surface area contributed by atoms with Gasteiger partial charge in [-0.25, -0.2) is 0 Å². The zero-order valence-electron chi connectivity index (χ0n) is 32.8. The molecule has 0 saturated heterocycles. The molecule has 0 amide bonds. The zero-order valence-corrected chi connectivity index (χ0v) is 32.8. The smallest absolute Gasteiger partial charge is 0.0654 e. The summed E-state index contributed by atoms with van der Waals surface area (Å²) in [5.41, 5.74) is 14.2. The van der Waals surface area contributed by atoms with Crippen molar-refractivity contribution >= 4 is 64.6 Å². The van der Waals surface area contributed by atoms with Crippen LogP contribution in [0.3, 0.4) is 0 Å². The maximum atomic E-state index is 2.65. The van der Waals surface area contributed by atoms with Crippen molar-refractivity contribution in [2.45, 2.75) is 57.8 Å². The predicted molar refractivity (Wildman–Crippen MR) is 245 cm³/mol. The molecule has 1 spiro atoms. The summed E-state index contributed by atoms with van der Waals surface area (Å²) >= 11 is 0. The normalized spacial score (nSPS) is 13.6. The van der Waals surface area contributed by atoms with Crippen molar-refractivity contribution in [1.29, 1.82) is 0 Å². The summed E-state index contributed by atoms with van der Waals surface area (Å²) in [5.74, 6) is 0. The maximum absolute atomic E-state index is 2.65. The quantitative estimate of drug-likeness (QED) is 0.150. The third kappa shape index (κ3) is 4.23. The van der Waals surface area contributed by atoms with Gasteiger partial charge in [0, 0.05) is 0 Å². The Kier molecular flexibility index (Phi) is 7.16. The summed E-state index contributed by atoms with van der Waals surface area (Å²) < 4.78 is 0. The molecule has 0 atom stereocenters. The molecule has 0 heterocycles. The van der Waals surface area contributed by atoms with Gasteiger partial charge in [0.05, 0.1) is 5.41 Å². The molecule has 0 heteroatoms. The fraction of sp³-hybridized carbons (Fsp3) is 0.158. The van der Waals surface area contributed by atoms with Gasteiger partial charge in [0.2, 0.25) is 0 Å². The van der Waals surface area contributed by atoms with Crippen molar-refractivity contribution < 1.29 is 0 Å². The van der Waals surface area contributed by atoms with Crippen molar-refractivity contribution in [1.82, 2.24) is 0 Å². The van der Waals surface area contributed by atoms with Crippen molar-refractivity contribution in [3.63, 3.8) is 0 Å². The summed E-state index contributed by atoms with van der Waals surface area (Å²) in [6.45, 7) is 4.70. The second kappa shape index (κ2) is 12.4. The van der Waals surface area contributed by atoms with Crippen LogP contribution in [0.4, 0.5) is 0 Å². The SMILES string of the molecule is CCCCc1cc2c3ccccc3c3ccccc3c2c2c1C1(c3ccccc3-c3ccccc31)c1c(CCCC)cc3c4ccccc4c4ccccc4c3c1-2. The molecule has 0 fully saturated rings. The molecular weight excluding hydrogens is 685 g/mol. The minimum atomic E-state index is -0.452. The summed E-state index contributed by atoms with van der Waals surface area (Å²) in [6, 6.07) is 61.0. The van der Waals surface area contributed by atoms with Crippen molar-refractivity contribution in [2.24, 2.45) is 0 Å². The van der Waals surface area contributed by atoms with Crippen LogP contribution in [-0.2, 0) is 18.3 Å². The molecule has 2 aliphatic rings. The summed E-state index contributed by atoms with van der Waals surface area (Å²) in [5, 5.41) is 16.3. The first kappa shape index (κ1) is 33.0. The lowest BCUT2D eigenvalue weighted by Crippen LogP contribution is -2.28. The lowest BCUT2D eigenvalue weighted by Gasteiger charge is -2.34. The number of aryl methyl sites for hydroxylation is 2. The maximum Gasteiger partial charge on any atom is 0.0731 e. The molecule has 0 bridgehead atoms. The number of rotatable bonds is 6. The van der Waals surface area contributed by atoms with Gasteiger partial charge in [0.15, 0.2) is 0 Å². The van der Waals surface area contributed by atoms with Gasteiger partial charge in [-0.15, -0.1) is 0 Å². The number of hydrogen-bond donors (Lipinski definition) is 0. The van der Waals surface area contributed by atoms with Gasteiger partial charge in [-0.3, -0.25) is 0 Å². The van der Waals surface area contributed by atoms with E-state index in [2.05, 4.69) is 172 Å². The molecule has 0 aliphatic heterocycles. The average Bonchev–Trinajstić information content (AvgIpc) is 3.76. The molecule has 0 nitrogen and oxygen atoms in total. The van der Waals surface area contributed by atoms with E-state index in [1.54, 1.807) is 0 Å². The number of fused-ring (bicyclic) bond motifs is 24. The topological polar surface area (TPSA) is 0 Å². The van der Waals surface area contributed by atoms with E-state index in [-0.39, 0.29) is 0 Å². The van der Waals surface area contributed by atoms with Crippen LogP contribution in [0.2, 0.25) is 0 Å². The van der Waals surface area contributed by atoms with Gasteiger partial charge in [-0.05, 0) is 146 Å². The van der Waals surface area contributed by atoms with E-state index in [9.17, 15) is 0 Å². The lowest BCUT2D eigenvalue weighted by molar-refractivity contribution is 0.725. The van der Waals surface area contributed by atoms with E-state index in [0.717, 1.165) is 38.5 Å². The van der Waals surface area contributed by atoms with Crippen LogP contribution in [0.25, 0.3) is 86.9 Å². The summed E-state index contributed by atoms with van der Waals surface area (Å²) in [7, 11) is 0. The van der Waals surface area contributed by atoms with Crippen LogP contribution in [0.15, 0.2) is 158 Å². The number of hydrogen-bond acceptors (Lipinski definition) is 0. The summed E-state index contributed by atoms with van der Waals surface area (Å²) in [6.07, 6.45) is 6.69. The number of benzene rings is 10. The highest BCUT2D eigenvalue weighted by Gasteiger charge is 2.55. The Morgan fingerprint density at radius 1 is 0.351 bits per heavy atom. The van der Waals surface area contributed by atoms with Gasteiger partial charge in [0.1, 0.15) is 0 Å². The van der Waals surface area contributed by atoms with Crippen LogP contribution in [0.1, 0.15) is 72.9 Å². The fourth-order valence-electron chi connectivity index (χ4n) is 11.6. The first-order valence-electron chi connectivity index (χ1n) is 21.2. The van der Waals surface area contributed by atoms with E-state index < -0.39 is 5.41 Å². The Bertz CT molecular complexity index is 3100. The van der Waals surface area contributed by atoms with E-state index in [4.69, 9.17) is 0 Å². The van der Waals surface area contributed by atoms with Crippen molar-refractivity contribution in [3.8, 4) is 22.3 Å². The third-order valence-electron chi connectivity index (χ3n) is 13.8. The molecule has 2 aliphatic carbocycles. The fourth-order valence-corrected chi connectivity index (χ4v) is 11.6. The monoisotopic (exact) mass is 728 g/mol. The Morgan fingerprint density at radius 3 is 1.05 bits per heavy atom. The first-order chi connectivity index (χ1) is 28.3. The second-order valence-electron chi connectivity index (χ2n) is 16.6. The molecule has 0 aromatic heterocycles. The largest absolute Gasteiger partial charge is 0.0731 e. The molecule has 272 valence electrons. The summed E-state index contributed by atoms with van der Waals surface area (Å²) in [4.78, 5) is 0. The van der Waals surface area contributed by atoms with E-state index in [1.807, 2.05) is 0 Å². The highest BCUT2D eigenvalue weighted by molar-refractivity contribution is 6.35. The van der Waals surface area contributed by atoms with Crippen molar-refractivity contribution in [3.05, 3.63) is 191 Å². The van der Waals surface area contributed by atoms with Crippen LogP contribution in [0, 0.1) is 0 Å². The van der Waals surface area contributed by atoms with Crippen LogP contribution < -0.4 is 0 Å². The van der Waals surface area contributed by atoms with Gasteiger partial charge in [-0.2, -0.15) is 0 Å². The Labute approximate surface area is 334 Å². The van der Waals surface area contributed by atoms with Gasteiger partial charge in [0.25, 0.3) is 0 Å². The molecule has 12 rings (SSSR count).